The second-order valence-electron chi connectivity index (χ2n) is 5.91. The van der Waals surface area contributed by atoms with E-state index in [9.17, 15) is 4.79 Å². The van der Waals surface area contributed by atoms with Crippen molar-refractivity contribution in [2.75, 3.05) is 7.11 Å². The van der Waals surface area contributed by atoms with E-state index in [4.69, 9.17) is 4.74 Å². The molecule has 0 aliphatic rings. The summed E-state index contributed by atoms with van der Waals surface area (Å²) in [5.74, 6) is 1.54. The van der Waals surface area contributed by atoms with E-state index in [1.807, 2.05) is 25.1 Å². The lowest BCUT2D eigenvalue weighted by molar-refractivity contribution is 0.0939. The summed E-state index contributed by atoms with van der Waals surface area (Å²) in [7, 11) is 1.66. The van der Waals surface area contributed by atoms with Gasteiger partial charge in [0.05, 0.1) is 7.11 Å². The van der Waals surface area contributed by atoms with Crippen molar-refractivity contribution in [2.45, 2.75) is 43.9 Å². The number of hydrogen-bond donors (Lipinski definition) is 1. The molecule has 2 rings (SSSR count). The maximum atomic E-state index is 12.3. The van der Waals surface area contributed by atoms with Crippen LogP contribution >= 0.6 is 11.8 Å². The lowest BCUT2D eigenvalue weighted by Gasteiger charge is -2.14. The van der Waals surface area contributed by atoms with E-state index in [0.717, 1.165) is 23.5 Å². The van der Waals surface area contributed by atoms with Crippen LogP contribution in [0.25, 0.3) is 0 Å². The molecular weight excluding hydrogens is 318 g/mol. The molecular formula is C20H25NO2S. The number of ether oxygens (including phenoxy) is 1. The van der Waals surface area contributed by atoms with Crippen LogP contribution in [0.1, 0.15) is 41.8 Å². The van der Waals surface area contributed by atoms with Gasteiger partial charge in [0, 0.05) is 27.8 Å². The molecule has 1 amide bonds. The number of aryl methyl sites for hydroxylation is 1. The molecule has 0 saturated carbocycles. The second-order valence-corrected chi connectivity index (χ2v) is 6.96. The Balaban J connectivity index is 2.13. The van der Waals surface area contributed by atoms with Crippen molar-refractivity contribution in [1.29, 1.82) is 0 Å². The number of nitrogens with one attached hydrogen (secondary N) is 1. The molecule has 0 fully saturated rings. The number of rotatable bonds is 7. The van der Waals surface area contributed by atoms with E-state index in [2.05, 4.69) is 43.4 Å². The zero-order valence-electron chi connectivity index (χ0n) is 14.8. The van der Waals surface area contributed by atoms with Gasteiger partial charge in [0.15, 0.2) is 0 Å². The molecule has 0 aliphatic carbocycles. The molecule has 2 aromatic rings. The summed E-state index contributed by atoms with van der Waals surface area (Å²) in [5.41, 5.74) is 2.95. The number of methoxy groups -OCH3 is 1. The zero-order valence-corrected chi connectivity index (χ0v) is 15.6. The fourth-order valence-electron chi connectivity index (χ4n) is 2.24. The number of thioether (sulfide) groups is 1. The molecule has 0 saturated heterocycles. The van der Waals surface area contributed by atoms with Crippen LogP contribution in [0.5, 0.6) is 5.75 Å². The van der Waals surface area contributed by atoms with Crippen LogP contribution in [-0.4, -0.2) is 19.1 Å². The van der Waals surface area contributed by atoms with Crippen LogP contribution in [0, 0.1) is 6.92 Å². The Morgan fingerprint density at radius 3 is 2.54 bits per heavy atom. The fraction of sp³-hybridized carbons (Fsp3) is 0.350. The van der Waals surface area contributed by atoms with Crippen LogP contribution in [0.15, 0.2) is 47.4 Å². The quantitative estimate of drug-likeness (QED) is 0.732. The van der Waals surface area contributed by atoms with Crippen molar-refractivity contribution in [3.63, 3.8) is 0 Å². The minimum atomic E-state index is -0.0337. The minimum Gasteiger partial charge on any atom is -0.496 e. The van der Waals surface area contributed by atoms with Gasteiger partial charge in [0.2, 0.25) is 0 Å². The molecule has 24 heavy (non-hydrogen) atoms. The molecule has 0 spiro atoms. The molecule has 1 atom stereocenters. The maximum Gasteiger partial charge on any atom is 0.251 e. The number of benzene rings is 2. The summed E-state index contributed by atoms with van der Waals surface area (Å²) in [6.07, 6.45) is 0.915. The molecule has 0 unspecified atom stereocenters. The first-order chi connectivity index (χ1) is 11.5. The van der Waals surface area contributed by atoms with Gasteiger partial charge in [0.25, 0.3) is 5.91 Å². The number of carbonyl (C=O) groups is 1. The normalized spacial score (nSPS) is 11.8. The highest BCUT2D eigenvalue weighted by Gasteiger charge is 2.12. The SMILES string of the molecule is CC[C@@H](C)NC(=O)c1ccc(OC)c(CSc2ccc(C)cc2)c1. The van der Waals surface area contributed by atoms with Gasteiger partial charge in [-0.1, -0.05) is 24.6 Å². The van der Waals surface area contributed by atoms with Crippen molar-refractivity contribution >= 4 is 17.7 Å². The van der Waals surface area contributed by atoms with Crippen LogP contribution in [0.4, 0.5) is 0 Å². The van der Waals surface area contributed by atoms with Crippen molar-refractivity contribution in [2.24, 2.45) is 0 Å². The Morgan fingerprint density at radius 2 is 1.92 bits per heavy atom. The highest BCUT2D eigenvalue weighted by atomic mass is 32.2. The number of amides is 1. The standard InChI is InChI=1S/C20H25NO2S/c1-5-15(3)21-20(22)16-8-11-19(23-4)17(12-16)13-24-18-9-6-14(2)7-10-18/h6-12,15H,5,13H2,1-4H3,(H,21,22)/t15-/m1/s1. The van der Waals surface area contributed by atoms with Gasteiger partial charge in [-0.25, -0.2) is 0 Å². The molecule has 4 heteroatoms. The summed E-state index contributed by atoms with van der Waals surface area (Å²) in [6.45, 7) is 6.15. The van der Waals surface area contributed by atoms with Gasteiger partial charge in [-0.2, -0.15) is 0 Å². The monoisotopic (exact) mass is 343 g/mol. The Morgan fingerprint density at radius 1 is 1.21 bits per heavy atom. The van der Waals surface area contributed by atoms with Crippen LogP contribution in [0.2, 0.25) is 0 Å². The van der Waals surface area contributed by atoms with Crippen LogP contribution in [-0.2, 0) is 5.75 Å². The van der Waals surface area contributed by atoms with Crippen LogP contribution in [0.3, 0.4) is 0 Å². The third-order valence-corrected chi connectivity index (χ3v) is 5.01. The summed E-state index contributed by atoms with van der Waals surface area (Å²) >= 11 is 1.74. The summed E-state index contributed by atoms with van der Waals surface area (Å²) in [5, 5.41) is 3.00. The first kappa shape index (κ1) is 18.4. The summed E-state index contributed by atoms with van der Waals surface area (Å²) < 4.78 is 5.44. The third-order valence-electron chi connectivity index (χ3n) is 3.95. The molecule has 0 aromatic heterocycles. The zero-order chi connectivity index (χ0) is 17.5. The van der Waals surface area contributed by atoms with Gasteiger partial charge in [0.1, 0.15) is 5.75 Å². The number of carbonyl (C=O) groups excluding carboxylic acids is 1. The molecule has 0 heterocycles. The maximum absolute atomic E-state index is 12.3. The first-order valence-electron chi connectivity index (χ1n) is 8.20. The highest BCUT2D eigenvalue weighted by molar-refractivity contribution is 7.98. The van der Waals surface area contributed by atoms with Crippen molar-refractivity contribution in [1.82, 2.24) is 5.32 Å². The number of hydrogen-bond acceptors (Lipinski definition) is 3. The summed E-state index contributed by atoms with van der Waals surface area (Å²) in [6, 6.07) is 14.2. The Hall–Kier alpha value is -1.94. The molecule has 0 bridgehead atoms. The van der Waals surface area contributed by atoms with Gasteiger partial charge in [-0.15, -0.1) is 11.8 Å². The van der Waals surface area contributed by atoms with Crippen molar-refractivity contribution in [3.8, 4) is 5.75 Å². The predicted octanol–water partition coefficient (Wildman–Crippen LogP) is 4.82. The van der Waals surface area contributed by atoms with Gasteiger partial charge < -0.3 is 10.1 Å². The molecule has 1 N–H and O–H groups in total. The first-order valence-corrected chi connectivity index (χ1v) is 9.19. The van der Waals surface area contributed by atoms with E-state index >= 15 is 0 Å². The molecule has 3 nitrogen and oxygen atoms in total. The highest BCUT2D eigenvalue weighted by Crippen LogP contribution is 2.29. The van der Waals surface area contributed by atoms with E-state index < -0.39 is 0 Å². The fourth-order valence-corrected chi connectivity index (χ4v) is 3.11. The average Bonchev–Trinajstić information content (AvgIpc) is 2.60. The lowest BCUT2D eigenvalue weighted by Crippen LogP contribution is -2.31. The summed E-state index contributed by atoms with van der Waals surface area (Å²) in [4.78, 5) is 13.5. The second kappa shape index (κ2) is 8.78. The lowest BCUT2D eigenvalue weighted by atomic mass is 10.1. The van der Waals surface area contributed by atoms with Crippen molar-refractivity contribution in [3.05, 3.63) is 59.2 Å². The minimum absolute atomic E-state index is 0.0337. The smallest absolute Gasteiger partial charge is 0.251 e. The van der Waals surface area contributed by atoms with Crippen LogP contribution < -0.4 is 10.1 Å². The van der Waals surface area contributed by atoms with E-state index in [0.29, 0.717) is 5.56 Å². The van der Waals surface area contributed by atoms with Crippen molar-refractivity contribution < 1.29 is 9.53 Å². The van der Waals surface area contributed by atoms with E-state index in [-0.39, 0.29) is 11.9 Å². The van der Waals surface area contributed by atoms with Gasteiger partial charge in [-0.3, -0.25) is 4.79 Å². The molecule has 2 aromatic carbocycles. The largest absolute Gasteiger partial charge is 0.496 e. The van der Waals surface area contributed by atoms with Gasteiger partial charge >= 0.3 is 0 Å². The third kappa shape index (κ3) is 5.03. The Kier molecular flexibility index (Phi) is 6.73. The Labute approximate surface area is 148 Å². The van der Waals surface area contributed by atoms with E-state index in [1.54, 1.807) is 18.9 Å². The van der Waals surface area contributed by atoms with E-state index in [1.165, 1.54) is 10.5 Å². The molecule has 128 valence electrons. The molecule has 0 aliphatic heterocycles. The predicted molar refractivity (Wildman–Crippen MR) is 101 cm³/mol. The Bertz CT molecular complexity index is 683. The van der Waals surface area contributed by atoms with Gasteiger partial charge in [-0.05, 0) is 50.6 Å². The topological polar surface area (TPSA) is 38.3 Å². The molecule has 0 radical (unpaired) electrons. The average molecular weight is 343 g/mol.